The number of rotatable bonds is 3. The number of hydrogen-bond acceptors (Lipinski definition) is 3. The number of nitrogens with zero attached hydrogens (tertiary/aromatic N) is 3. The number of benzene rings is 2. The van der Waals surface area contributed by atoms with Gasteiger partial charge in [-0.2, -0.15) is 10.4 Å². The van der Waals surface area contributed by atoms with Crippen LogP contribution in [-0.2, 0) is 0 Å². The zero-order valence-corrected chi connectivity index (χ0v) is 13.2. The third-order valence-corrected chi connectivity index (χ3v) is 4.35. The van der Waals surface area contributed by atoms with E-state index in [-0.39, 0.29) is 0 Å². The third kappa shape index (κ3) is 2.94. The molecule has 22 heavy (non-hydrogen) atoms. The van der Waals surface area contributed by atoms with Crippen molar-refractivity contribution in [3.8, 4) is 6.07 Å². The monoisotopic (exact) mass is 329 g/mol. The first-order chi connectivity index (χ1) is 10.7. The van der Waals surface area contributed by atoms with Gasteiger partial charge >= 0.3 is 0 Å². The predicted molar refractivity (Wildman–Crippen MR) is 89.1 cm³/mol. The van der Waals surface area contributed by atoms with Crippen LogP contribution in [0.25, 0.3) is 0 Å². The second kappa shape index (κ2) is 6.39. The van der Waals surface area contributed by atoms with Crippen molar-refractivity contribution in [3.63, 3.8) is 0 Å². The maximum atomic E-state index is 9.52. The minimum atomic E-state index is -0.462. The maximum absolute atomic E-state index is 9.52. The van der Waals surface area contributed by atoms with Gasteiger partial charge in [0.1, 0.15) is 0 Å². The Kier molecular flexibility index (Phi) is 4.33. The highest BCUT2D eigenvalue weighted by molar-refractivity contribution is 6.42. The SMILES string of the molecule is N#C[C@H](c1ccc(Cl)c(Cl)c1)N1CCC(c2ccccc2)=N1. The molecule has 3 nitrogen and oxygen atoms in total. The van der Waals surface area contributed by atoms with E-state index < -0.39 is 6.04 Å². The Morgan fingerprint density at radius 1 is 1.09 bits per heavy atom. The molecular weight excluding hydrogens is 317 g/mol. The van der Waals surface area contributed by atoms with Crippen LogP contribution in [0.5, 0.6) is 0 Å². The highest BCUT2D eigenvalue weighted by atomic mass is 35.5. The van der Waals surface area contributed by atoms with Crippen LogP contribution in [-0.4, -0.2) is 17.3 Å². The fourth-order valence-corrected chi connectivity index (χ4v) is 2.80. The van der Waals surface area contributed by atoms with Gasteiger partial charge in [0.2, 0.25) is 0 Å². The van der Waals surface area contributed by atoms with Gasteiger partial charge in [-0.05, 0) is 23.3 Å². The molecule has 3 rings (SSSR count). The molecule has 0 unspecified atom stereocenters. The Morgan fingerprint density at radius 2 is 1.86 bits per heavy atom. The summed E-state index contributed by atoms with van der Waals surface area (Å²) in [5.74, 6) is 0. The van der Waals surface area contributed by atoms with Crippen molar-refractivity contribution in [2.45, 2.75) is 12.5 Å². The molecule has 0 aliphatic carbocycles. The van der Waals surface area contributed by atoms with Gasteiger partial charge < -0.3 is 0 Å². The molecular formula is C17H13Cl2N3. The van der Waals surface area contributed by atoms with Crippen molar-refractivity contribution < 1.29 is 0 Å². The summed E-state index contributed by atoms with van der Waals surface area (Å²) in [6, 6.07) is 17.1. The summed E-state index contributed by atoms with van der Waals surface area (Å²) in [4.78, 5) is 0. The lowest BCUT2D eigenvalue weighted by Crippen LogP contribution is -2.20. The molecule has 5 heteroatoms. The van der Waals surface area contributed by atoms with Gasteiger partial charge in [0, 0.05) is 13.0 Å². The lowest BCUT2D eigenvalue weighted by atomic mass is 10.1. The topological polar surface area (TPSA) is 39.4 Å². The molecule has 0 saturated carbocycles. The highest BCUT2D eigenvalue weighted by Crippen LogP contribution is 2.30. The largest absolute Gasteiger partial charge is 0.275 e. The van der Waals surface area contributed by atoms with Gasteiger partial charge in [0.15, 0.2) is 6.04 Å². The number of nitriles is 1. The molecule has 0 saturated heterocycles. The first-order valence-corrected chi connectivity index (χ1v) is 7.69. The summed E-state index contributed by atoms with van der Waals surface area (Å²) in [5.41, 5.74) is 2.90. The lowest BCUT2D eigenvalue weighted by molar-refractivity contribution is 0.275. The molecule has 1 atom stereocenters. The molecule has 0 fully saturated rings. The fourth-order valence-electron chi connectivity index (χ4n) is 2.49. The minimum absolute atomic E-state index is 0.450. The van der Waals surface area contributed by atoms with E-state index in [1.54, 1.807) is 12.1 Å². The summed E-state index contributed by atoms with van der Waals surface area (Å²) in [5, 5.41) is 16.9. The Hall–Kier alpha value is -2.02. The molecule has 2 aromatic rings. The zero-order valence-electron chi connectivity index (χ0n) is 11.7. The molecule has 110 valence electrons. The van der Waals surface area contributed by atoms with Crippen LogP contribution < -0.4 is 0 Å². The Labute approximate surface area is 139 Å². The molecule has 0 bridgehead atoms. The molecule has 0 aromatic heterocycles. The van der Waals surface area contributed by atoms with Crippen LogP contribution in [0, 0.1) is 11.3 Å². The first-order valence-electron chi connectivity index (χ1n) is 6.93. The second-order valence-corrected chi connectivity index (χ2v) is 5.85. The van der Waals surface area contributed by atoms with Gasteiger partial charge in [-0.15, -0.1) is 0 Å². The highest BCUT2D eigenvalue weighted by Gasteiger charge is 2.25. The second-order valence-electron chi connectivity index (χ2n) is 5.03. The van der Waals surface area contributed by atoms with Crippen molar-refractivity contribution in [1.82, 2.24) is 5.01 Å². The van der Waals surface area contributed by atoms with Crippen LogP contribution in [0.1, 0.15) is 23.6 Å². The van der Waals surface area contributed by atoms with Gasteiger partial charge in [-0.25, -0.2) is 0 Å². The number of hydrazone groups is 1. The third-order valence-electron chi connectivity index (χ3n) is 3.61. The minimum Gasteiger partial charge on any atom is -0.275 e. The van der Waals surface area contributed by atoms with E-state index in [0.29, 0.717) is 16.6 Å². The Morgan fingerprint density at radius 3 is 2.55 bits per heavy atom. The van der Waals surface area contributed by atoms with E-state index in [1.165, 1.54) is 0 Å². The first kappa shape index (κ1) is 14.9. The Balaban J connectivity index is 1.88. The summed E-state index contributed by atoms with van der Waals surface area (Å²) in [6.45, 7) is 0.711. The van der Waals surface area contributed by atoms with Crippen LogP contribution in [0.4, 0.5) is 0 Å². The summed E-state index contributed by atoms with van der Waals surface area (Å²) in [6.07, 6.45) is 0.823. The van der Waals surface area contributed by atoms with Gasteiger partial charge in [0.05, 0.1) is 21.8 Å². The van der Waals surface area contributed by atoms with E-state index in [0.717, 1.165) is 23.3 Å². The van der Waals surface area contributed by atoms with Crippen LogP contribution in [0.15, 0.2) is 53.6 Å². The van der Waals surface area contributed by atoms with Crippen molar-refractivity contribution in [2.24, 2.45) is 5.10 Å². The normalized spacial score (nSPS) is 15.3. The average molecular weight is 330 g/mol. The van der Waals surface area contributed by atoms with E-state index in [2.05, 4.69) is 11.2 Å². The van der Waals surface area contributed by atoms with Crippen molar-refractivity contribution in [3.05, 3.63) is 69.7 Å². The predicted octanol–water partition coefficient (Wildman–Crippen LogP) is 4.67. The molecule has 1 aliphatic heterocycles. The van der Waals surface area contributed by atoms with Crippen LogP contribution >= 0.6 is 23.2 Å². The number of hydrogen-bond donors (Lipinski definition) is 0. The molecule has 2 aromatic carbocycles. The average Bonchev–Trinajstić information content (AvgIpc) is 3.02. The van der Waals surface area contributed by atoms with Crippen molar-refractivity contribution >= 4 is 28.9 Å². The Bertz CT molecular complexity index is 750. The van der Waals surface area contributed by atoms with Crippen molar-refractivity contribution in [1.29, 1.82) is 5.26 Å². The van der Waals surface area contributed by atoms with Gasteiger partial charge in [0.25, 0.3) is 0 Å². The van der Waals surface area contributed by atoms with E-state index in [9.17, 15) is 5.26 Å². The molecule has 0 N–H and O–H groups in total. The van der Waals surface area contributed by atoms with E-state index in [1.807, 2.05) is 41.4 Å². The molecule has 0 radical (unpaired) electrons. The zero-order chi connectivity index (χ0) is 15.5. The van der Waals surface area contributed by atoms with Gasteiger partial charge in [-0.3, -0.25) is 5.01 Å². The van der Waals surface area contributed by atoms with Crippen LogP contribution in [0.2, 0.25) is 10.0 Å². The quantitative estimate of drug-likeness (QED) is 0.820. The molecule has 1 aliphatic rings. The van der Waals surface area contributed by atoms with Gasteiger partial charge in [-0.1, -0.05) is 59.6 Å². The standard InChI is InChI=1S/C17H13Cl2N3/c18-14-7-6-13(10-15(14)19)17(11-20)22-9-8-16(21-22)12-4-2-1-3-5-12/h1-7,10,17H,8-9H2/t17-/m1/s1. The molecule has 0 amide bonds. The summed E-state index contributed by atoms with van der Waals surface area (Å²) in [7, 11) is 0. The smallest absolute Gasteiger partial charge is 0.158 e. The summed E-state index contributed by atoms with van der Waals surface area (Å²) >= 11 is 12.0. The maximum Gasteiger partial charge on any atom is 0.158 e. The van der Waals surface area contributed by atoms with E-state index in [4.69, 9.17) is 23.2 Å². The van der Waals surface area contributed by atoms with Crippen molar-refractivity contribution in [2.75, 3.05) is 6.54 Å². The number of halogens is 2. The van der Waals surface area contributed by atoms with E-state index >= 15 is 0 Å². The fraction of sp³-hybridized carbons (Fsp3) is 0.176. The van der Waals surface area contributed by atoms with Crippen LogP contribution in [0.3, 0.4) is 0 Å². The molecule has 0 spiro atoms. The molecule has 1 heterocycles. The summed E-state index contributed by atoms with van der Waals surface area (Å²) < 4.78 is 0. The lowest BCUT2D eigenvalue weighted by Gasteiger charge is -2.20.